The topological polar surface area (TPSA) is 39.2 Å². The van der Waals surface area contributed by atoms with E-state index < -0.39 is 0 Å². The monoisotopic (exact) mass is 229 g/mol. The minimum Gasteiger partial charge on any atom is -0.385 e. The third-order valence-electron chi connectivity index (χ3n) is 2.72. The van der Waals surface area contributed by atoms with Crippen LogP contribution in [0.3, 0.4) is 0 Å². The van der Waals surface area contributed by atoms with Gasteiger partial charge >= 0.3 is 0 Å². The van der Waals surface area contributed by atoms with Crippen LogP contribution in [0.5, 0.6) is 0 Å². The van der Waals surface area contributed by atoms with Gasteiger partial charge in [-0.2, -0.15) is 0 Å². The van der Waals surface area contributed by atoms with Gasteiger partial charge < -0.3 is 4.74 Å². The molecule has 0 unspecified atom stereocenters. The van der Waals surface area contributed by atoms with E-state index >= 15 is 0 Å². The second kappa shape index (κ2) is 5.55. The number of nitrogens with zero attached hydrogens (tertiary/aromatic N) is 1. The zero-order chi connectivity index (χ0) is 12.1. The number of fused-ring (bicyclic) bond motifs is 1. The lowest BCUT2D eigenvalue weighted by molar-refractivity contribution is 0.0964. The van der Waals surface area contributed by atoms with E-state index in [0.29, 0.717) is 18.6 Å². The third kappa shape index (κ3) is 2.68. The van der Waals surface area contributed by atoms with Crippen molar-refractivity contribution in [2.24, 2.45) is 0 Å². The summed E-state index contributed by atoms with van der Waals surface area (Å²) < 4.78 is 4.95. The van der Waals surface area contributed by atoms with Crippen LogP contribution in [0.4, 0.5) is 0 Å². The van der Waals surface area contributed by atoms with Gasteiger partial charge in [0, 0.05) is 43.5 Å². The van der Waals surface area contributed by atoms with Gasteiger partial charge in [0.15, 0.2) is 5.78 Å². The molecule has 0 radical (unpaired) electrons. The molecule has 1 heterocycles. The summed E-state index contributed by atoms with van der Waals surface area (Å²) in [5, 5.41) is 1.98. The Balaban J connectivity index is 2.26. The van der Waals surface area contributed by atoms with Crippen molar-refractivity contribution in [3.8, 4) is 0 Å². The number of hydrogen-bond donors (Lipinski definition) is 0. The Morgan fingerprint density at radius 3 is 2.94 bits per heavy atom. The van der Waals surface area contributed by atoms with Crippen LogP contribution in [0, 0.1) is 0 Å². The number of carbonyl (C=O) groups is 1. The summed E-state index contributed by atoms with van der Waals surface area (Å²) in [6.07, 6.45) is 4.68. The van der Waals surface area contributed by atoms with Crippen molar-refractivity contribution in [2.75, 3.05) is 13.7 Å². The van der Waals surface area contributed by atoms with Gasteiger partial charge in [-0.1, -0.05) is 24.3 Å². The number of pyridine rings is 1. The molecular formula is C14H15NO2. The van der Waals surface area contributed by atoms with Gasteiger partial charge in [-0.05, 0) is 11.8 Å². The maximum Gasteiger partial charge on any atom is 0.165 e. The zero-order valence-electron chi connectivity index (χ0n) is 9.85. The molecule has 0 aliphatic carbocycles. The van der Waals surface area contributed by atoms with Crippen LogP contribution in [-0.2, 0) is 4.74 Å². The van der Waals surface area contributed by atoms with Gasteiger partial charge in [-0.3, -0.25) is 9.78 Å². The summed E-state index contributed by atoms with van der Waals surface area (Å²) in [4.78, 5) is 16.1. The Morgan fingerprint density at radius 2 is 2.12 bits per heavy atom. The number of hydrogen-bond acceptors (Lipinski definition) is 3. The van der Waals surface area contributed by atoms with Crippen molar-refractivity contribution in [1.29, 1.82) is 0 Å². The first-order chi connectivity index (χ1) is 8.33. The quantitative estimate of drug-likeness (QED) is 0.584. The van der Waals surface area contributed by atoms with Crippen molar-refractivity contribution >= 4 is 16.6 Å². The number of ether oxygens (including phenoxy) is 1. The lowest BCUT2D eigenvalue weighted by Crippen LogP contribution is -2.02. The number of Topliss-reactive ketones (excluding diaryl/α,β-unsaturated/α-hetero) is 1. The molecule has 0 spiro atoms. The molecule has 0 N–H and O–H groups in total. The van der Waals surface area contributed by atoms with E-state index in [1.54, 1.807) is 19.5 Å². The second-order valence-electron chi connectivity index (χ2n) is 3.93. The summed E-state index contributed by atoms with van der Waals surface area (Å²) in [5.74, 6) is 0.131. The van der Waals surface area contributed by atoms with Crippen LogP contribution < -0.4 is 0 Å². The molecule has 0 bridgehead atoms. The molecule has 1 aromatic carbocycles. The Hall–Kier alpha value is -1.74. The summed E-state index contributed by atoms with van der Waals surface area (Å²) in [6, 6.07) is 7.81. The molecule has 0 amide bonds. The minimum absolute atomic E-state index is 0.131. The lowest BCUT2D eigenvalue weighted by atomic mass is 10.0. The fourth-order valence-electron chi connectivity index (χ4n) is 1.85. The molecule has 0 aliphatic heterocycles. The predicted molar refractivity (Wildman–Crippen MR) is 67.2 cm³/mol. The van der Waals surface area contributed by atoms with E-state index in [1.165, 1.54) is 0 Å². The third-order valence-corrected chi connectivity index (χ3v) is 2.72. The van der Waals surface area contributed by atoms with Crippen LogP contribution >= 0.6 is 0 Å². The van der Waals surface area contributed by atoms with Crippen LogP contribution in [0.15, 0.2) is 36.7 Å². The predicted octanol–water partition coefficient (Wildman–Crippen LogP) is 2.84. The molecule has 0 saturated heterocycles. The van der Waals surface area contributed by atoms with Gasteiger partial charge in [0.25, 0.3) is 0 Å². The highest BCUT2D eigenvalue weighted by Gasteiger charge is 2.09. The van der Waals surface area contributed by atoms with Gasteiger partial charge in [-0.25, -0.2) is 0 Å². The standard InChI is InChI=1S/C14H15NO2/c1-17-8-4-7-14(16)13-10-15-9-11-5-2-3-6-12(11)13/h2-3,5-6,9-10H,4,7-8H2,1H3. The number of benzene rings is 1. The highest BCUT2D eigenvalue weighted by Crippen LogP contribution is 2.18. The highest BCUT2D eigenvalue weighted by atomic mass is 16.5. The average Bonchev–Trinajstić information content (AvgIpc) is 2.38. The number of rotatable bonds is 5. The molecule has 88 valence electrons. The Morgan fingerprint density at radius 1 is 1.29 bits per heavy atom. The average molecular weight is 229 g/mol. The summed E-state index contributed by atoms with van der Waals surface area (Å²) >= 11 is 0. The smallest absolute Gasteiger partial charge is 0.165 e. The van der Waals surface area contributed by atoms with Crippen molar-refractivity contribution in [3.05, 3.63) is 42.2 Å². The Bertz CT molecular complexity index is 517. The van der Waals surface area contributed by atoms with Gasteiger partial charge in [0.1, 0.15) is 0 Å². The normalized spacial score (nSPS) is 10.6. The molecule has 0 saturated carbocycles. The highest BCUT2D eigenvalue weighted by molar-refractivity contribution is 6.07. The van der Waals surface area contributed by atoms with Crippen molar-refractivity contribution in [1.82, 2.24) is 4.98 Å². The molecule has 0 aliphatic rings. The van der Waals surface area contributed by atoms with Crippen LogP contribution in [-0.4, -0.2) is 24.5 Å². The summed E-state index contributed by atoms with van der Waals surface area (Å²) in [5.41, 5.74) is 0.708. The molecule has 0 fully saturated rings. The van der Waals surface area contributed by atoms with Crippen LogP contribution in [0.2, 0.25) is 0 Å². The van der Waals surface area contributed by atoms with E-state index in [0.717, 1.165) is 17.2 Å². The number of ketones is 1. The van der Waals surface area contributed by atoms with Crippen molar-refractivity contribution in [2.45, 2.75) is 12.8 Å². The van der Waals surface area contributed by atoms with Gasteiger partial charge in [-0.15, -0.1) is 0 Å². The maximum absolute atomic E-state index is 12.0. The van der Waals surface area contributed by atoms with Crippen LogP contribution in [0.25, 0.3) is 10.8 Å². The Labute approximate surface area is 100 Å². The first-order valence-electron chi connectivity index (χ1n) is 5.68. The van der Waals surface area contributed by atoms with E-state index in [-0.39, 0.29) is 5.78 Å². The van der Waals surface area contributed by atoms with Gasteiger partial charge in [0.05, 0.1) is 0 Å². The number of aromatic nitrogens is 1. The molecule has 0 atom stereocenters. The van der Waals surface area contributed by atoms with E-state index in [2.05, 4.69) is 4.98 Å². The molecule has 2 rings (SSSR count). The molecule has 2 aromatic rings. The van der Waals surface area contributed by atoms with Crippen LogP contribution in [0.1, 0.15) is 23.2 Å². The molecule has 1 aromatic heterocycles. The van der Waals surface area contributed by atoms with E-state index in [1.807, 2.05) is 24.3 Å². The minimum atomic E-state index is 0.131. The molecule has 17 heavy (non-hydrogen) atoms. The molecule has 3 heteroatoms. The fourth-order valence-corrected chi connectivity index (χ4v) is 1.85. The SMILES string of the molecule is COCCCC(=O)c1cncc2ccccc12. The first kappa shape index (κ1) is 11.7. The van der Waals surface area contributed by atoms with E-state index in [9.17, 15) is 4.79 Å². The Kier molecular flexibility index (Phi) is 3.83. The first-order valence-corrected chi connectivity index (χ1v) is 5.68. The second-order valence-corrected chi connectivity index (χ2v) is 3.93. The van der Waals surface area contributed by atoms with Gasteiger partial charge in [0.2, 0.25) is 0 Å². The zero-order valence-corrected chi connectivity index (χ0v) is 9.85. The largest absolute Gasteiger partial charge is 0.385 e. The number of methoxy groups -OCH3 is 1. The molecular weight excluding hydrogens is 214 g/mol. The summed E-state index contributed by atoms with van der Waals surface area (Å²) in [6.45, 7) is 0.615. The number of carbonyl (C=O) groups excluding carboxylic acids is 1. The maximum atomic E-state index is 12.0. The molecule has 3 nitrogen and oxygen atoms in total. The van der Waals surface area contributed by atoms with Crippen molar-refractivity contribution in [3.63, 3.8) is 0 Å². The summed E-state index contributed by atoms with van der Waals surface area (Å²) in [7, 11) is 1.64. The van der Waals surface area contributed by atoms with Crippen molar-refractivity contribution < 1.29 is 9.53 Å². The van der Waals surface area contributed by atoms with E-state index in [4.69, 9.17) is 4.74 Å². The fraction of sp³-hybridized carbons (Fsp3) is 0.286. The lowest BCUT2D eigenvalue weighted by Gasteiger charge is -2.04.